The summed E-state index contributed by atoms with van der Waals surface area (Å²) in [7, 11) is -3.42. The molecule has 0 spiro atoms. The first kappa shape index (κ1) is 12.8. The molecule has 0 saturated heterocycles. The Kier molecular flexibility index (Phi) is 3.23. The first-order chi connectivity index (χ1) is 8.39. The van der Waals surface area contributed by atoms with Gasteiger partial charge >= 0.3 is 0 Å². The van der Waals surface area contributed by atoms with E-state index in [9.17, 15) is 8.42 Å². The van der Waals surface area contributed by atoms with Crippen LogP contribution in [-0.2, 0) is 9.84 Å². The van der Waals surface area contributed by atoms with Crippen molar-refractivity contribution in [1.29, 1.82) is 0 Å². The number of nitrogens with zero attached hydrogens (tertiary/aromatic N) is 2. The number of nitrogen functional groups attached to an aromatic ring is 1. The molecule has 0 atom stereocenters. The SMILES string of the molecule is CS(=O)(=O)c1cccc(Cl)c1-c1nccc(N)n1. The second-order valence-electron chi connectivity index (χ2n) is 3.69. The molecule has 1 aromatic heterocycles. The van der Waals surface area contributed by atoms with Gasteiger partial charge in [-0.1, -0.05) is 17.7 Å². The Morgan fingerprint density at radius 1 is 1.28 bits per heavy atom. The van der Waals surface area contributed by atoms with Crippen LogP contribution >= 0.6 is 11.6 Å². The van der Waals surface area contributed by atoms with Crippen molar-refractivity contribution in [1.82, 2.24) is 9.97 Å². The van der Waals surface area contributed by atoms with E-state index in [2.05, 4.69) is 9.97 Å². The summed E-state index contributed by atoms with van der Waals surface area (Å²) in [4.78, 5) is 8.08. The fraction of sp³-hybridized carbons (Fsp3) is 0.0909. The summed E-state index contributed by atoms with van der Waals surface area (Å²) in [5, 5.41) is 0.267. The fourth-order valence-corrected chi connectivity index (χ4v) is 2.74. The summed E-state index contributed by atoms with van der Waals surface area (Å²) in [6.07, 6.45) is 2.56. The number of aromatic nitrogens is 2. The van der Waals surface area contributed by atoms with Gasteiger partial charge in [0.1, 0.15) is 5.82 Å². The highest BCUT2D eigenvalue weighted by molar-refractivity contribution is 7.90. The highest BCUT2D eigenvalue weighted by Crippen LogP contribution is 2.31. The van der Waals surface area contributed by atoms with Crippen molar-refractivity contribution >= 4 is 27.3 Å². The standard InChI is InChI=1S/C11H10ClN3O2S/c1-18(16,17)8-4-2-3-7(12)10(8)11-14-6-5-9(13)15-11/h2-6H,1H3,(H2,13,14,15). The van der Waals surface area contributed by atoms with E-state index in [1.807, 2.05) is 0 Å². The Hall–Kier alpha value is -1.66. The molecule has 0 aliphatic heterocycles. The van der Waals surface area contributed by atoms with Crippen molar-refractivity contribution < 1.29 is 8.42 Å². The van der Waals surface area contributed by atoms with Crippen LogP contribution in [-0.4, -0.2) is 24.6 Å². The maximum atomic E-state index is 11.7. The molecule has 1 heterocycles. The van der Waals surface area contributed by atoms with Crippen molar-refractivity contribution in [2.75, 3.05) is 12.0 Å². The average molecular weight is 284 g/mol. The zero-order valence-corrected chi connectivity index (χ0v) is 11.0. The topological polar surface area (TPSA) is 85.9 Å². The highest BCUT2D eigenvalue weighted by atomic mass is 35.5. The summed E-state index contributed by atoms with van der Waals surface area (Å²) in [6.45, 7) is 0. The Morgan fingerprint density at radius 2 is 2.00 bits per heavy atom. The van der Waals surface area contributed by atoms with Crippen LogP contribution in [0.15, 0.2) is 35.4 Å². The van der Waals surface area contributed by atoms with Crippen LogP contribution in [0.5, 0.6) is 0 Å². The number of hydrogen-bond donors (Lipinski definition) is 1. The van der Waals surface area contributed by atoms with Gasteiger partial charge in [0.25, 0.3) is 0 Å². The van der Waals surface area contributed by atoms with Crippen LogP contribution in [0.2, 0.25) is 5.02 Å². The Labute approximate surface area is 110 Å². The number of sulfone groups is 1. The van der Waals surface area contributed by atoms with Gasteiger partial charge in [0.2, 0.25) is 0 Å². The summed E-state index contributed by atoms with van der Waals surface area (Å²) in [5.74, 6) is 0.445. The smallest absolute Gasteiger partial charge is 0.176 e. The van der Waals surface area contributed by atoms with Crippen LogP contribution in [0.3, 0.4) is 0 Å². The lowest BCUT2D eigenvalue weighted by molar-refractivity contribution is 0.602. The fourth-order valence-electron chi connectivity index (χ4n) is 1.52. The minimum absolute atomic E-state index is 0.0839. The van der Waals surface area contributed by atoms with Crippen molar-refractivity contribution in [2.24, 2.45) is 0 Å². The van der Waals surface area contributed by atoms with E-state index < -0.39 is 9.84 Å². The zero-order chi connectivity index (χ0) is 13.3. The van der Waals surface area contributed by atoms with Crippen LogP contribution in [0.1, 0.15) is 0 Å². The highest BCUT2D eigenvalue weighted by Gasteiger charge is 2.19. The molecule has 94 valence electrons. The molecule has 0 bridgehead atoms. The quantitative estimate of drug-likeness (QED) is 0.908. The maximum Gasteiger partial charge on any atom is 0.176 e. The second-order valence-corrected chi connectivity index (χ2v) is 6.08. The van der Waals surface area contributed by atoms with E-state index in [1.165, 1.54) is 18.3 Å². The lowest BCUT2D eigenvalue weighted by Gasteiger charge is -2.08. The molecule has 0 saturated carbocycles. The number of hydrogen-bond acceptors (Lipinski definition) is 5. The van der Waals surface area contributed by atoms with Crippen molar-refractivity contribution in [3.05, 3.63) is 35.5 Å². The van der Waals surface area contributed by atoms with Crippen molar-refractivity contribution in [3.63, 3.8) is 0 Å². The van der Waals surface area contributed by atoms with Gasteiger partial charge in [0, 0.05) is 12.5 Å². The van der Waals surface area contributed by atoms with Gasteiger partial charge in [-0.15, -0.1) is 0 Å². The van der Waals surface area contributed by atoms with Gasteiger partial charge in [-0.25, -0.2) is 18.4 Å². The zero-order valence-electron chi connectivity index (χ0n) is 9.46. The lowest BCUT2D eigenvalue weighted by atomic mass is 10.2. The van der Waals surface area contributed by atoms with E-state index >= 15 is 0 Å². The second kappa shape index (κ2) is 4.55. The Balaban J connectivity index is 2.79. The van der Waals surface area contributed by atoms with E-state index in [-0.39, 0.29) is 27.1 Å². The molecule has 2 rings (SSSR count). The third-order valence-electron chi connectivity index (χ3n) is 2.28. The van der Waals surface area contributed by atoms with Gasteiger partial charge in [0.15, 0.2) is 15.7 Å². The molecular weight excluding hydrogens is 274 g/mol. The van der Waals surface area contributed by atoms with E-state index in [0.29, 0.717) is 0 Å². The van der Waals surface area contributed by atoms with Gasteiger partial charge < -0.3 is 5.73 Å². The number of nitrogens with two attached hydrogens (primary N) is 1. The minimum Gasteiger partial charge on any atom is -0.384 e. The maximum absolute atomic E-state index is 11.7. The number of benzene rings is 1. The normalized spacial score (nSPS) is 11.4. The van der Waals surface area contributed by atoms with Crippen LogP contribution in [0.25, 0.3) is 11.4 Å². The number of rotatable bonds is 2. The van der Waals surface area contributed by atoms with E-state index in [0.717, 1.165) is 6.26 Å². The minimum atomic E-state index is -3.42. The largest absolute Gasteiger partial charge is 0.384 e. The van der Waals surface area contributed by atoms with Crippen molar-refractivity contribution in [3.8, 4) is 11.4 Å². The number of anilines is 1. The molecule has 0 radical (unpaired) electrons. The van der Waals surface area contributed by atoms with Gasteiger partial charge in [-0.2, -0.15) is 0 Å². The first-order valence-electron chi connectivity index (χ1n) is 4.97. The summed E-state index contributed by atoms with van der Waals surface area (Å²) in [5.41, 5.74) is 5.83. The van der Waals surface area contributed by atoms with Gasteiger partial charge in [0.05, 0.1) is 15.5 Å². The molecule has 0 aliphatic rings. The first-order valence-corrected chi connectivity index (χ1v) is 7.24. The summed E-state index contributed by atoms with van der Waals surface area (Å²) < 4.78 is 23.4. The third kappa shape index (κ3) is 2.44. The van der Waals surface area contributed by atoms with Crippen LogP contribution in [0.4, 0.5) is 5.82 Å². The molecule has 0 unspecified atom stereocenters. The van der Waals surface area contributed by atoms with E-state index in [4.69, 9.17) is 17.3 Å². The predicted octanol–water partition coefficient (Wildman–Crippen LogP) is 1.78. The molecule has 18 heavy (non-hydrogen) atoms. The molecule has 5 nitrogen and oxygen atoms in total. The summed E-state index contributed by atoms with van der Waals surface area (Å²) >= 11 is 6.04. The average Bonchev–Trinajstić information content (AvgIpc) is 2.27. The third-order valence-corrected chi connectivity index (χ3v) is 3.73. The molecule has 2 N–H and O–H groups in total. The monoisotopic (exact) mass is 283 g/mol. The van der Waals surface area contributed by atoms with Crippen molar-refractivity contribution in [2.45, 2.75) is 4.90 Å². The molecule has 0 fully saturated rings. The van der Waals surface area contributed by atoms with Gasteiger partial charge in [-0.3, -0.25) is 0 Å². The molecule has 7 heteroatoms. The molecule has 1 aromatic carbocycles. The number of halogens is 1. The van der Waals surface area contributed by atoms with E-state index in [1.54, 1.807) is 12.1 Å². The molecular formula is C11H10ClN3O2S. The Morgan fingerprint density at radius 3 is 2.61 bits per heavy atom. The Bertz CT molecular complexity index is 701. The molecule has 0 amide bonds. The van der Waals surface area contributed by atoms with Gasteiger partial charge in [-0.05, 0) is 18.2 Å². The summed E-state index contributed by atoms with van der Waals surface area (Å²) in [6, 6.07) is 6.12. The van der Waals surface area contributed by atoms with Crippen LogP contribution in [0, 0.1) is 0 Å². The predicted molar refractivity (Wildman–Crippen MR) is 70.0 cm³/mol. The van der Waals surface area contributed by atoms with Crippen LogP contribution < -0.4 is 5.73 Å². The molecule has 2 aromatic rings. The molecule has 0 aliphatic carbocycles. The lowest BCUT2D eigenvalue weighted by Crippen LogP contribution is -2.03.